The molecule has 2 nitrogen and oxygen atoms in total. The van der Waals surface area contributed by atoms with Crippen molar-refractivity contribution in [2.75, 3.05) is 6.61 Å². The molecule has 2 rings (SSSR count). The Morgan fingerprint density at radius 1 is 1.09 bits per heavy atom. The van der Waals surface area contributed by atoms with Crippen LogP contribution in [-0.4, -0.2) is 19.5 Å². The second-order valence-corrected chi connectivity index (χ2v) is 14.6. The molecular formula is C19H30BrNOSi. The van der Waals surface area contributed by atoms with E-state index in [2.05, 4.69) is 98.7 Å². The fourth-order valence-electron chi connectivity index (χ4n) is 2.39. The molecule has 1 heterocycles. The summed E-state index contributed by atoms with van der Waals surface area (Å²) in [6, 6.07) is 8.64. The van der Waals surface area contributed by atoms with Crippen LogP contribution in [0.3, 0.4) is 0 Å². The lowest BCUT2D eigenvalue weighted by Gasteiger charge is -2.39. The minimum atomic E-state index is -1.70. The molecule has 1 aromatic carbocycles. The van der Waals surface area contributed by atoms with Gasteiger partial charge >= 0.3 is 0 Å². The molecule has 0 aliphatic heterocycles. The summed E-state index contributed by atoms with van der Waals surface area (Å²) in [6.07, 6.45) is 2.19. The summed E-state index contributed by atoms with van der Waals surface area (Å²) in [7, 11) is -1.70. The molecule has 0 spiro atoms. The highest BCUT2D eigenvalue weighted by atomic mass is 79.9. The standard InChI is InChI=1S/C19H30BrNOSi/c1-18(2,3)23(6,7)22-14-19(4,5)13-21-11-10-15-8-9-16(20)12-17(15)21/h8-12H,13-14H2,1-7H3. The number of fused-ring (bicyclic) bond motifs is 1. The van der Waals surface area contributed by atoms with Crippen molar-refractivity contribution >= 4 is 35.2 Å². The van der Waals surface area contributed by atoms with Gasteiger partial charge in [0.05, 0.1) is 0 Å². The van der Waals surface area contributed by atoms with Crippen LogP contribution in [0.2, 0.25) is 18.1 Å². The van der Waals surface area contributed by atoms with E-state index < -0.39 is 8.32 Å². The Hall–Kier alpha value is -0.583. The van der Waals surface area contributed by atoms with Crippen LogP contribution in [0.15, 0.2) is 34.9 Å². The van der Waals surface area contributed by atoms with Gasteiger partial charge in [-0.25, -0.2) is 0 Å². The van der Waals surface area contributed by atoms with E-state index in [0.29, 0.717) is 0 Å². The zero-order valence-corrected chi connectivity index (χ0v) is 18.1. The molecule has 4 heteroatoms. The molecule has 0 aliphatic rings. The van der Waals surface area contributed by atoms with E-state index in [1.54, 1.807) is 0 Å². The van der Waals surface area contributed by atoms with Crippen LogP contribution >= 0.6 is 15.9 Å². The number of halogens is 1. The van der Waals surface area contributed by atoms with Crippen LogP contribution in [0.1, 0.15) is 34.6 Å². The minimum absolute atomic E-state index is 0.101. The predicted octanol–water partition coefficient (Wildman–Crippen LogP) is 6.45. The monoisotopic (exact) mass is 395 g/mol. The molecule has 2 aromatic rings. The van der Waals surface area contributed by atoms with Crippen LogP contribution in [0.4, 0.5) is 0 Å². The van der Waals surface area contributed by atoms with Gasteiger partial charge in [0.2, 0.25) is 0 Å². The van der Waals surface area contributed by atoms with E-state index in [0.717, 1.165) is 17.6 Å². The van der Waals surface area contributed by atoms with Gasteiger partial charge in [-0.2, -0.15) is 0 Å². The van der Waals surface area contributed by atoms with E-state index in [1.165, 1.54) is 10.9 Å². The zero-order valence-electron chi connectivity index (χ0n) is 15.5. The van der Waals surface area contributed by atoms with E-state index >= 15 is 0 Å². The maximum atomic E-state index is 6.46. The summed E-state index contributed by atoms with van der Waals surface area (Å²) in [6.45, 7) is 17.9. The third-order valence-corrected chi connectivity index (χ3v) is 9.94. The first-order valence-electron chi connectivity index (χ1n) is 8.30. The van der Waals surface area contributed by atoms with Crippen molar-refractivity contribution in [3.05, 3.63) is 34.9 Å². The van der Waals surface area contributed by atoms with Crippen molar-refractivity contribution in [3.8, 4) is 0 Å². The highest BCUT2D eigenvalue weighted by Gasteiger charge is 2.38. The van der Waals surface area contributed by atoms with Crippen molar-refractivity contribution in [2.24, 2.45) is 5.41 Å². The molecule has 0 radical (unpaired) electrons. The number of hydrogen-bond donors (Lipinski definition) is 0. The number of hydrogen-bond acceptors (Lipinski definition) is 1. The molecule has 0 atom stereocenters. The molecule has 0 fully saturated rings. The Balaban J connectivity index is 2.12. The molecule has 1 aromatic heterocycles. The van der Waals surface area contributed by atoms with Crippen molar-refractivity contribution in [3.63, 3.8) is 0 Å². The largest absolute Gasteiger partial charge is 0.416 e. The maximum Gasteiger partial charge on any atom is 0.192 e. The fourth-order valence-corrected chi connectivity index (χ4v) is 3.93. The van der Waals surface area contributed by atoms with Gasteiger partial charge in [-0.05, 0) is 41.7 Å². The highest BCUT2D eigenvalue weighted by Crippen LogP contribution is 2.38. The average Bonchev–Trinajstić information content (AvgIpc) is 2.77. The lowest BCUT2D eigenvalue weighted by molar-refractivity contribution is 0.147. The van der Waals surface area contributed by atoms with Gasteiger partial charge in [-0.3, -0.25) is 0 Å². The van der Waals surface area contributed by atoms with Crippen LogP contribution in [0.5, 0.6) is 0 Å². The summed E-state index contributed by atoms with van der Waals surface area (Å²) in [4.78, 5) is 0. The average molecular weight is 396 g/mol. The molecule has 23 heavy (non-hydrogen) atoms. The molecule has 128 valence electrons. The van der Waals surface area contributed by atoms with Crippen molar-refractivity contribution in [2.45, 2.75) is 59.3 Å². The summed E-state index contributed by atoms with van der Waals surface area (Å²) in [5.41, 5.74) is 1.38. The number of rotatable bonds is 5. The summed E-state index contributed by atoms with van der Waals surface area (Å²) in [5, 5.41) is 1.54. The Morgan fingerprint density at radius 3 is 2.35 bits per heavy atom. The lowest BCUT2D eigenvalue weighted by Crippen LogP contribution is -2.43. The summed E-state index contributed by atoms with van der Waals surface area (Å²) in [5.74, 6) is 0. The van der Waals surface area contributed by atoms with Gasteiger partial charge in [0.25, 0.3) is 0 Å². The number of aromatic nitrogens is 1. The molecule has 0 N–H and O–H groups in total. The topological polar surface area (TPSA) is 14.2 Å². The van der Waals surface area contributed by atoms with E-state index in [9.17, 15) is 0 Å². The number of benzene rings is 1. The van der Waals surface area contributed by atoms with Gasteiger partial charge in [-0.1, -0.05) is 56.6 Å². The van der Waals surface area contributed by atoms with Crippen molar-refractivity contribution in [1.29, 1.82) is 0 Å². The van der Waals surface area contributed by atoms with E-state index in [-0.39, 0.29) is 10.5 Å². The van der Waals surface area contributed by atoms with Gasteiger partial charge in [0, 0.05) is 34.8 Å². The summed E-state index contributed by atoms with van der Waals surface area (Å²) < 4.78 is 9.93. The minimum Gasteiger partial charge on any atom is -0.416 e. The molecule has 0 amide bonds. The fraction of sp³-hybridized carbons (Fsp3) is 0.579. The number of nitrogens with zero attached hydrogens (tertiary/aromatic N) is 1. The molecular weight excluding hydrogens is 366 g/mol. The Kier molecular flexibility index (Phi) is 5.20. The third kappa shape index (κ3) is 4.49. The van der Waals surface area contributed by atoms with Gasteiger partial charge in [-0.15, -0.1) is 0 Å². The first kappa shape index (κ1) is 18.8. The second kappa shape index (κ2) is 6.38. The molecule has 0 aliphatic carbocycles. The smallest absolute Gasteiger partial charge is 0.192 e. The zero-order chi connectivity index (χ0) is 17.5. The molecule has 0 saturated heterocycles. The van der Waals surface area contributed by atoms with Gasteiger partial charge < -0.3 is 8.99 Å². The Morgan fingerprint density at radius 2 is 1.74 bits per heavy atom. The van der Waals surface area contributed by atoms with E-state index in [1.807, 2.05) is 0 Å². The molecule has 0 unspecified atom stereocenters. The Labute approximate surface area is 150 Å². The van der Waals surface area contributed by atoms with Crippen LogP contribution in [0, 0.1) is 5.41 Å². The van der Waals surface area contributed by atoms with Crippen LogP contribution in [0.25, 0.3) is 10.9 Å². The van der Waals surface area contributed by atoms with Crippen LogP contribution < -0.4 is 0 Å². The summed E-state index contributed by atoms with van der Waals surface area (Å²) >= 11 is 3.58. The van der Waals surface area contributed by atoms with Gasteiger partial charge in [0.15, 0.2) is 8.32 Å². The van der Waals surface area contributed by atoms with Crippen LogP contribution in [-0.2, 0) is 11.0 Å². The predicted molar refractivity (Wildman–Crippen MR) is 107 cm³/mol. The first-order valence-corrected chi connectivity index (χ1v) is 12.0. The quantitative estimate of drug-likeness (QED) is 0.530. The highest BCUT2D eigenvalue weighted by molar-refractivity contribution is 9.10. The first-order chi connectivity index (χ1) is 10.4. The molecule has 0 bridgehead atoms. The lowest BCUT2D eigenvalue weighted by atomic mass is 9.95. The SMILES string of the molecule is CC(C)(CO[Si](C)(C)C(C)(C)C)Cn1ccc2ccc(Br)cc21. The third-order valence-electron chi connectivity index (χ3n) is 4.96. The van der Waals surface area contributed by atoms with Crippen molar-refractivity contribution in [1.82, 2.24) is 4.57 Å². The van der Waals surface area contributed by atoms with Gasteiger partial charge in [0.1, 0.15) is 0 Å². The van der Waals surface area contributed by atoms with E-state index in [4.69, 9.17) is 4.43 Å². The second-order valence-electron chi connectivity index (χ2n) is 8.86. The molecule has 0 saturated carbocycles. The van der Waals surface area contributed by atoms with Crippen molar-refractivity contribution < 1.29 is 4.43 Å². The maximum absolute atomic E-state index is 6.46. The normalized spacial score (nSPS) is 13.7. The Bertz CT molecular complexity index is 682.